The van der Waals surface area contributed by atoms with Crippen molar-refractivity contribution in [2.75, 3.05) is 19.7 Å². The van der Waals surface area contributed by atoms with E-state index in [0.29, 0.717) is 25.2 Å². The van der Waals surface area contributed by atoms with Gasteiger partial charge in [-0.05, 0) is 51.8 Å². The molecule has 1 fully saturated rings. The third-order valence-corrected chi connectivity index (χ3v) is 6.40. The molecule has 0 radical (unpaired) electrons. The van der Waals surface area contributed by atoms with Crippen molar-refractivity contribution in [3.8, 4) is 0 Å². The first-order valence-electron chi connectivity index (χ1n) is 9.89. The van der Waals surface area contributed by atoms with E-state index in [1.165, 1.54) is 0 Å². The minimum absolute atomic E-state index is 0.108. The topological polar surface area (TPSA) is 114 Å². The Morgan fingerprint density at radius 2 is 2.14 bits per heavy atom. The van der Waals surface area contributed by atoms with Gasteiger partial charge >= 0.3 is 6.03 Å². The van der Waals surface area contributed by atoms with Crippen molar-refractivity contribution in [3.05, 3.63) is 24.0 Å². The molecule has 0 bridgehead atoms. The lowest BCUT2D eigenvalue weighted by atomic mass is 10.2. The Morgan fingerprint density at radius 3 is 2.83 bits per heavy atom. The van der Waals surface area contributed by atoms with E-state index in [1.54, 1.807) is 32.0 Å². The van der Waals surface area contributed by atoms with Crippen LogP contribution in [0.2, 0.25) is 0 Å². The van der Waals surface area contributed by atoms with Crippen molar-refractivity contribution in [3.63, 3.8) is 0 Å². The Kier molecular flexibility index (Phi) is 6.76. The molecule has 0 spiro atoms. The highest BCUT2D eigenvalue weighted by atomic mass is 32.2. The molecular formula is C19H29N5O4S. The van der Waals surface area contributed by atoms with Gasteiger partial charge in [-0.25, -0.2) is 22.9 Å². The number of hydrogen-bond acceptors (Lipinski definition) is 5. The highest BCUT2D eigenvalue weighted by molar-refractivity contribution is 7.89. The summed E-state index contributed by atoms with van der Waals surface area (Å²) in [6, 6.07) is 4.49. The van der Waals surface area contributed by atoms with Crippen LogP contribution in [0.4, 0.5) is 4.79 Å². The normalized spacial score (nSPS) is 17.2. The minimum atomic E-state index is -3.57. The second-order valence-electron chi connectivity index (χ2n) is 7.51. The second-order valence-corrected chi connectivity index (χ2v) is 9.22. The van der Waals surface area contributed by atoms with E-state index in [-0.39, 0.29) is 23.1 Å². The van der Waals surface area contributed by atoms with Gasteiger partial charge in [-0.1, -0.05) is 0 Å². The number of fused-ring (bicyclic) bond motifs is 1. The van der Waals surface area contributed by atoms with Crippen LogP contribution < -0.4 is 15.4 Å². The molecule has 0 aliphatic carbocycles. The molecule has 1 aliphatic rings. The van der Waals surface area contributed by atoms with Crippen LogP contribution in [0.1, 0.15) is 32.5 Å². The molecule has 1 aliphatic heterocycles. The number of carbonyl (C=O) groups is 1. The molecular weight excluding hydrogens is 394 g/mol. The summed E-state index contributed by atoms with van der Waals surface area (Å²) in [5, 5.41) is 5.66. The number of nitrogens with zero attached hydrogens (tertiary/aromatic N) is 2. The number of imidazole rings is 1. The fourth-order valence-electron chi connectivity index (χ4n) is 3.41. The van der Waals surface area contributed by atoms with Gasteiger partial charge in [0.15, 0.2) is 0 Å². The van der Waals surface area contributed by atoms with E-state index in [9.17, 15) is 13.2 Å². The number of benzene rings is 1. The standard InChI is InChI=1S/C19H29N5O4S/c1-13(2)23-29(26,27)16-6-7-18-17(11-16)22-14(3)24(18)9-8-20-19(25)21-12-15-5-4-10-28-15/h6-7,11,13,15,23H,4-5,8-10,12H2,1-3H3,(H2,20,21,25). The number of carbonyl (C=O) groups excluding carboxylic acids is 1. The maximum absolute atomic E-state index is 12.4. The molecule has 3 rings (SSSR count). The number of sulfonamides is 1. The first-order chi connectivity index (χ1) is 13.8. The lowest BCUT2D eigenvalue weighted by molar-refractivity contribution is 0.111. The molecule has 2 aromatic rings. The van der Waals surface area contributed by atoms with Crippen LogP contribution in [0, 0.1) is 6.92 Å². The van der Waals surface area contributed by atoms with Gasteiger partial charge in [-0.2, -0.15) is 0 Å². The van der Waals surface area contributed by atoms with Gasteiger partial charge in [0.1, 0.15) is 5.82 Å². The fraction of sp³-hybridized carbons (Fsp3) is 0.579. The Hall–Kier alpha value is -2.17. The highest BCUT2D eigenvalue weighted by Gasteiger charge is 2.18. The zero-order valence-corrected chi connectivity index (χ0v) is 17.9. The quantitative estimate of drug-likeness (QED) is 0.595. The predicted octanol–water partition coefficient (Wildman–Crippen LogP) is 1.51. The summed E-state index contributed by atoms with van der Waals surface area (Å²) in [5.41, 5.74) is 1.43. The van der Waals surface area contributed by atoms with Gasteiger partial charge < -0.3 is 19.9 Å². The Bertz CT molecular complexity index is 964. The van der Waals surface area contributed by atoms with Crippen LogP contribution in [-0.2, 0) is 21.3 Å². The summed E-state index contributed by atoms with van der Waals surface area (Å²) >= 11 is 0. The zero-order chi connectivity index (χ0) is 21.0. The van der Waals surface area contributed by atoms with Gasteiger partial charge in [0.25, 0.3) is 0 Å². The van der Waals surface area contributed by atoms with Crippen molar-refractivity contribution in [1.29, 1.82) is 0 Å². The van der Waals surface area contributed by atoms with E-state index in [0.717, 1.165) is 30.8 Å². The first kappa shape index (κ1) is 21.5. The summed E-state index contributed by atoms with van der Waals surface area (Å²) in [7, 11) is -3.57. The molecule has 1 aromatic carbocycles. The molecule has 1 unspecified atom stereocenters. The monoisotopic (exact) mass is 423 g/mol. The number of aryl methyl sites for hydroxylation is 1. The van der Waals surface area contributed by atoms with E-state index >= 15 is 0 Å². The molecule has 29 heavy (non-hydrogen) atoms. The molecule has 9 nitrogen and oxygen atoms in total. The average Bonchev–Trinajstić information content (AvgIpc) is 3.26. The Balaban J connectivity index is 1.61. The Labute approximate surface area is 171 Å². The molecule has 3 N–H and O–H groups in total. The lowest BCUT2D eigenvalue weighted by Gasteiger charge is -2.13. The molecule has 0 saturated carbocycles. The number of urea groups is 1. The smallest absolute Gasteiger partial charge is 0.314 e. The molecule has 1 aromatic heterocycles. The SMILES string of the molecule is Cc1nc2cc(S(=O)(=O)NC(C)C)ccc2n1CCNC(=O)NCC1CCCO1. The van der Waals surface area contributed by atoms with Crippen LogP contribution in [0.5, 0.6) is 0 Å². The van der Waals surface area contributed by atoms with Gasteiger partial charge in [0, 0.05) is 32.3 Å². The number of aromatic nitrogens is 2. The summed E-state index contributed by atoms with van der Waals surface area (Å²) in [5.74, 6) is 0.757. The lowest BCUT2D eigenvalue weighted by Crippen LogP contribution is -2.40. The van der Waals surface area contributed by atoms with Crippen LogP contribution in [0.25, 0.3) is 11.0 Å². The summed E-state index contributed by atoms with van der Waals surface area (Å²) in [4.78, 5) is 16.6. The molecule has 2 heterocycles. The van der Waals surface area contributed by atoms with Crippen molar-refractivity contribution in [2.24, 2.45) is 0 Å². The maximum Gasteiger partial charge on any atom is 0.314 e. The van der Waals surface area contributed by atoms with E-state index in [1.807, 2.05) is 11.5 Å². The van der Waals surface area contributed by atoms with Gasteiger partial charge in [-0.15, -0.1) is 0 Å². The predicted molar refractivity (Wildman–Crippen MR) is 110 cm³/mol. The molecule has 160 valence electrons. The number of nitrogens with one attached hydrogen (secondary N) is 3. The van der Waals surface area contributed by atoms with Crippen LogP contribution >= 0.6 is 0 Å². The number of hydrogen-bond donors (Lipinski definition) is 3. The van der Waals surface area contributed by atoms with E-state index < -0.39 is 10.0 Å². The fourth-order valence-corrected chi connectivity index (χ4v) is 4.68. The summed E-state index contributed by atoms with van der Waals surface area (Å²) in [6.45, 7) is 7.65. The number of amides is 2. The van der Waals surface area contributed by atoms with E-state index in [2.05, 4.69) is 20.3 Å². The Morgan fingerprint density at radius 1 is 1.34 bits per heavy atom. The first-order valence-corrected chi connectivity index (χ1v) is 11.4. The van der Waals surface area contributed by atoms with Crippen LogP contribution in [-0.4, -0.2) is 55.8 Å². The van der Waals surface area contributed by atoms with Gasteiger partial charge in [0.2, 0.25) is 10.0 Å². The van der Waals surface area contributed by atoms with Crippen molar-refractivity contribution >= 4 is 27.1 Å². The van der Waals surface area contributed by atoms with E-state index in [4.69, 9.17) is 4.74 Å². The van der Waals surface area contributed by atoms with Crippen molar-refractivity contribution in [2.45, 2.75) is 57.2 Å². The number of rotatable bonds is 8. The number of ether oxygens (including phenoxy) is 1. The van der Waals surface area contributed by atoms with Gasteiger partial charge in [0.05, 0.1) is 22.0 Å². The second kappa shape index (κ2) is 9.10. The largest absolute Gasteiger partial charge is 0.376 e. The van der Waals surface area contributed by atoms with Gasteiger partial charge in [-0.3, -0.25) is 0 Å². The third-order valence-electron chi connectivity index (χ3n) is 4.75. The molecule has 10 heteroatoms. The molecule has 2 amide bonds. The molecule has 1 saturated heterocycles. The average molecular weight is 424 g/mol. The maximum atomic E-state index is 12.4. The minimum Gasteiger partial charge on any atom is -0.376 e. The molecule has 1 atom stereocenters. The zero-order valence-electron chi connectivity index (χ0n) is 17.1. The summed E-state index contributed by atoms with van der Waals surface area (Å²) < 4.78 is 34.8. The van der Waals surface area contributed by atoms with Crippen molar-refractivity contribution in [1.82, 2.24) is 24.9 Å². The van der Waals surface area contributed by atoms with Crippen LogP contribution in [0.3, 0.4) is 0 Å². The highest BCUT2D eigenvalue weighted by Crippen LogP contribution is 2.20. The van der Waals surface area contributed by atoms with Crippen LogP contribution in [0.15, 0.2) is 23.1 Å². The summed E-state index contributed by atoms with van der Waals surface area (Å²) in [6.07, 6.45) is 2.12. The van der Waals surface area contributed by atoms with Crippen molar-refractivity contribution < 1.29 is 17.9 Å². The third kappa shape index (κ3) is 5.46.